The lowest BCUT2D eigenvalue weighted by atomic mass is 10.2. The maximum absolute atomic E-state index is 11.7. The molecule has 1 aromatic heterocycles. The van der Waals surface area contributed by atoms with Gasteiger partial charge in [0.25, 0.3) is 0 Å². The normalized spacial score (nSPS) is 15.0. The highest BCUT2D eigenvalue weighted by Crippen LogP contribution is 2.25. The maximum Gasteiger partial charge on any atom is 0.323 e. The fourth-order valence-corrected chi connectivity index (χ4v) is 1.98. The van der Waals surface area contributed by atoms with Crippen LogP contribution in [0.25, 0.3) is 0 Å². The first-order valence-electron chi connectivity index (χ1n) is 5.10. The van der Waals surface area contributed by atoms with Crippen LogP contribution < -0.4 is 10.2 Å². The number of nitrogens with one attached hydrogen (secondary N) is 1. The number of carbonyl (C=O) groups is 1. The van der Waals surface area contributed by atoms with Crippen molar-refractivity contribution in [3.63, 3.8) is 0 Å². The van der Waals surface area contributed by atoms with Crippen LogP contribution in [-0.4, -0.2) is 28.3 Å². The smallest absolute Gasteiger partial charge is 0.323 e. The Morgan fingerprint density at radius 1 is 1.56 bits per heavy atom. The molecule has 0 spiro atoms. The van der Waals surface area contributed by atoms with Gasteiger partial charge in [0, 0.05) is 24.3 Å². The minimum atomic E-state index is -0.0896. The van der Waals surface area contributed by atoms with Crippen molar-refractivity contribution in [2.75, 3.05) is 11.2 Å². The predicted octanol–water partition coefficient (Wildman–Crippen LogP) is 1.64. The highest BCUT2D eigenvalue weighted by molar-refractivity contribution is 7.98. The molecule has 5 nitrogen and oxygen atoms in total. The average molecular weight is 238 g/mol. The maximum atomic E-state index is 11.7. The lowest BCUT2D eigenvalue weighted by Gasteiger charge is -2.31. The number of fused-ring (bicyclic) bond motifs is 1. The third-order valence-corrected chi connectivity index (χ3v) is 2.96. The largest absolute Gasteiger partial charge is 0.333 e. The van der Waals surface area contributed by atoms with E-state index < -0.39 is 0 Å². The number of nitrogens with zero attached hydrogens (tertiary/aromatic N) is 3. The van der Waals surface area contributed by atoms with E-state index in [-0.39, 0.29) is 12.1 Å². The number of carbonyl (C=O) groups excluding carboxylic acids is 1. The van der Waals surface area contributed by atoms with Gasteiger partial charge in [-0.2, -0.15) is 0 Å². The molecule has 0 unspecified atom stereocenters. The van der Waals surface area contributed by atoms with Crippen LogP contribution in [-0.2, 0) is 6.54 Å². The van der Waals surface area contributed by atoms with E-state index in [9.17, 15) is 4.79 Å². The minimum Gasteiger partial charge on any atom is -0.333 e. The molecule has 1 aliphatic rings. The van der Waals surface area contributed by atoms with Gasteiger partial charge in [0.1, 0.15) is 5.82 Å². The molecule has 1 aromatic rings. The molecule has 0 aromatic carbocycles. The molecule has 0 fully saturated rings. The Bertz CT molecular complexity index is 421. The number of rotatable bonds is 2. The Morgan fingerprint density at radius 3 is 2.94 bits per heavy atom. The van der Waals surface area contributed by atoms with E-state index in [1.54, 1.807) is 11.1 Å². The summed E-state index contributed by atoms with van der Waals surface area (Å²) >= 11 is 1.48. The summed E-state index contributed by atoms with van der Waals surface area (Å²) in [5.41, 5.74) is 0.964. The topological polar surface area (TPSA) is 58.1 Å². The lowest BCUT2D eigenvalue weighted by Crippen LogP contribution is -2.48. The van der Waals surface area contributed by atoms with Crippen molar-refractivity contribution < 1.29 is 4.79 Å². The summed E-state index contributed by atoms with van der Waals surface area (Å²) in [4.78, 5) is 22.0. The predicted molar refractivity (Wildman–Crippen MR) is 63.7 cm³/mol. The number of amides is 2. The summed E-state index contributed by atoms with van der Waals surface area (Å²) in [6.45, 7) is 4.44. The van der Waals surface area contributed by atoms with Crippen LogP contribution in [0.5, 0.6) is 0 Å². The molecule has 0 aliphatic carbocycles. The second-order valence-corrected chi connectivity index (χ2v) is 4.60. The molecule has 0 bridgehead atoms. The van der Waals surface area contributed by atoms with Crippen LogP contribution >= 0.6 is 11.8 Å². The van der Waals surface area contributed by atoms with Gasteiger partial charge in [-0.05, 0) is 20.1 Å². The van der Waals surface area contributed by atoms with Crippen LogP contribution in [0.3, 0.4) is 0 Å². The quantitative estimate of drug-likeness (QED) is 0.628. The van der Waals surface area contributed by atoms with Gasteiger partial charge in [-0.3, -0.25) is 4.90 Å². The second-order valence-electron chi connectivity index (χ2n) is 3.83. The van der Waals surface area contributed by atoms with E-state index in [4.69, 9.17) is 0 Å². The molecule has 0 radical (unpaired) electrons. The molecule has 1 aliphatic heterocycles. The van der Waals surface area contributed by atoms with Gasteiger partial charge in [-0.1, -0.05) is 11.8 Å². The number of aromatic nitrogens is 2. The number of hydrogen-bond donors (Lipinski definition) is 1. The fraction of sp³-hybridized carbons (Fsp3) is 0.500. The van der Waals surface area contributed by atoms with Crippen molar-refractivity contribution in [1.29, 1.82) is 0 Å². The van der Waals surface area contributed by atoms with Crippen molar-refractivity contribution in [1.82, 2.24) is 15.3 Å². The molecular weight excluding hydrogens is 224 g/mol. The lowest BCUT2D eigenvalue weighted by molar-refractivity contribution is 0.242. The number of anilines is 1. The van der Waals surface area contributed by atoms with E-state index in [1.807, 2.05) is 20.1 Å². The van der Waals surface area contributed by atoms with E-state index >= 15 is 0 Å². The van der Waals surface area contributed by atoms with Crippen molar-refractivity contribution >= 4 is 23.6 Å². The van der Waals surface area contributed by atoms with Crippen molar-refractivity contribution in [3.8, 4) is 0 Å². The van der Waals surface area contributed by atoms with Crippen molar-refractivity contribution in [2.45, 2.75) is 31.6 Å². The van der Waals surface area contributed by atoms with E-state index in [0.717, 1.165) is 11.4 Å². The zero-order valence-corrected chi connectivity index (χ0v) is 10.3. The molecular formula is C10H14N4OS. The fourth-order valence-electron chi connectivity index (χ4n) is 1.65. The van der Waals surface area contributed by atoms with E-state index in [0.29, 0.717) is 11.7 Å². The average Bonchev–Trinajstić information content (AvgIpc) is 2.27. The van der Waals surface area contributed by atoms with Crippen molar-refractivity contribution in [2.24, 2.45) is 0 Å². The highest BCUT2D eigenvalue weighted by atomic mass is 32.2. The Kier molecular flexibility index (Phi) is 3.00. The van der Waals surface area contributed by atoms with Gasteiger partial charge in [-0.25, -0.2) is 14.8 Å². The molecule has 0 saturated heterocycles. The van der Waals surface area contributed by atoms with Gasteiger partial charge in [0.15, 0.2) is 5.16 Å². The molecule has 2 amide bonds. The van der Waals surface area contributed by atoms with Crippen LogP contribution in [0, 0.1) is 0 Å². The summed E-state index contributed by atoms with van der Waals surface area (Å²) in [5, 5.41) is 3.50. The summed E-state index contributed by atoms with van der Waals surface area (Å²) in [7, 11) is 0. The zero-order chi connectivity index (χ0) is 11.7. The monoisotopic (exact) mass is 238 g/mol. The molecule has 0 atom stereocenters. The minimum absolute atomic E-state index is 0.0867. The van der Waals surface area contributed by atoms with E-state index in [1.165, 1.54) is 11.8 Å². The first kappa shape index (κ1) is 11.2. The molecule has 86 valence electrons. The van der Waals surface area contributed by atoms with Gasteiger partial charge in [0.2, 0.25) is 0 Å². The third kappa shape index (κ3) is 1.84. The Labute approximate surface area is 98.6 Å². The van der Waals surface area contributed by atoms with Crippen LogP contribution in [0.4, 0.5) is 10.6 Å². The third-order valence-electron chi connectivity index (χ3n) is 2.40. The van der Waals surface area contributed by atoms with Gasteiger partial charge >= 0.3 is 6.03 Å². The first-order chi connectivity index (χ1) is 7.63. The summed E-state index contributed by atoms with van der Waals surface area (Å²) < 4.78 is 0. The molecule has 1 N–H and O–H groups in total. The summed E-state index contributed by atoms with van der Waals surface area (Å²) in [6.07, 6.45) is 3.70. The standard InChI is InChI=1S/C10H14N4OS/c1-6(2)14-8-7(5-12-10(14)15)4-11-9(13-8)16-3/h4,6H,5H2,1-3H3,(H,12,15). The molecule has 6 heteroatoms. The van der Waals surface area contributed by atoms with Gasteiger partial charge in [-0.15, -0.1) is 0 Å². The van der Waals surface area contributed by atoms with E-state index in [2.05, 4.69) is 15.3 Å². The molecule has 2 heterocycles. The zero-order valence-electron chi connectivity index (χ0n) is 9.52. The summed E-state index contributed by atoms with van der Waals surface area (Å²) in [5.74, 6) is 0.734. The number of hydrogen-bond acceptors (Lipinski definition) is 4. The SMILES string of the molecule is CSc1ncc2c(n1)N(C(C)C)C(=O)NC2. The highest BCUT2D eigenvalue weighted by Gasteiger charge is 2.27. The Hall–Kier alpha value is -1.30. The van der Waals surface area contributed by atoms with Crippen LogP contribution in [0.1, 0.15) is 19.4 Å². The van der Waals surface area contributed by atoms with Crippen molar-refractivity contribution in [3.05, 3.63) is 11.8 Å². The van der Waals surface area contributed by atoms with Crippen LogP contribution in [0.2, 0.25) is 0 Å². The summed E-state index contributed by atoms with van der Waals surface area (Å²) in [6, 6.07) is -0.00286. The molecule has 2 rings (SSSR count). The number of urea groups is 1. The first-order valence-corrected chi connectivity index (χ1v) is 6.33. The molecule has 16 heavy (non-hydrogen) atoms. The number of thioether (sulfide) groups is 1. The Morgan fingerprint density at radius 2 is 2.31 bits per heavy atom. The van der Waals surface area contributed by atoms with Gasteiger partial charge in [0.05, 0.1) is 0 Å². The van der Waals surface area contributed by atoms with Crippen LogP contribution in [0.15, 0.2) is 11.4 Å². The molecule has 0 saturated carbocycles. The Balaban J connectivity index is 2.48. The van der Waals surface area contributed by atoms with Gasteiger partial charge < -0.3 is 5.32 Å². The second kappa shape index (κ2) is 4.29.